The van der Waals surface area contributed by atoms with Crippen molar-refractivity contribution in [2.75, 3.05) is 0 Å². The van der Waals surface area contributed by atoms with E-state index in [4.69, 9.17) is 24.2 Å². The Hall–Kier alpha value is -1.49. The number of ether oxygens (including phenoxy) is 4. The van der Waals surface area contributed by atoms with Gasteiger partial charge in [0.1, 0.15) is 18.3 Å². The Bertz CT molecular complexity index is 555. The van der Waals surface area contributed by atoms with Crippen LogP contribution in [-0.2, 0) is 25.6 Å². The maximum absolute atomic E-state index is 9.83. The Balaban J connectivity index is 1.73. The highest BCUT2D eigenvalue weighted by Gasteiger charge is 2.57. The molecule has 22 heavy (non-hydrogen) atoms. The summed E-state index contributed by atoms with van der Waals surface area (Å²) < 4.78 is 23.0. The van der Waals surface area contributed by atoms with Crippen molar-refractivity contribution in [3.8, 4) is 6.07 Å². The van der Waals surface area contributed by atoms with Crippen LogP contribution in [0, 0.1) is 11.3 Å². The molecule has 5 atom stereocenters. The molecule has 0 radical (unpaired) electrons. The molecule has 1 aromatic carbocycles. The second-order valence-electron chi connectivity index (χ2n) is 5.90. The molecule has 2 fully saturated rings. The second kappa shape index (κ2) is 5.95. The van der Waals surface area contributed by atoms with E-state index >= 15 is 0 Å². The number of rotatable bonds is 4. The molecule has 0 amide bonds. The summed E-state index contributed by atoms with van der Waals surface area (Å²) in [6, 6.07) is 11.4. The molecule has 3 rings (SSSR count). The Morgan fingerprint density at radius 2 is 2.05 bits per heavy atom. The molecule has 0 aromatic heterocycles. The summed E-state index contributed by atoms with van der Waals surface area (Å²) in [5.41, 5.74) is 0.995. The minimum absolute atomic E-state index is 0.344. The Morgan fingerprint density at radius 3 is 2.73 bits per heavy atom. The number of benzene rings is 1. The molecule has 1 unspecified atom stereocenters. The maximum atomic E-state index is 9.83. The van der Waals surface area contributed by atoms with E-state index in [9.17, 15) is 5.11 Å². The van der Waals surface area contributed by atoms with Crippen molar-refractivity contribution < 1.29 is 24.1 Å². The molecule has 2 saturated heterocycles. The molecule has 0 spiro atoms. The van der Waals surface area contributed by atoms with Gasteiger partial charge in [-0.3, -0.25) is 0 Å². The summed E-state index contributed by atoms with van der Waals surface area (Å²) in [5, 5.41) is 18.8. The molecule has 1 N–H and O–H groups in total. The topological polar surface area (TPSA) is 80.9 Å². The van der Waals surface area contributed by atoms with E-state index in [1.54, 1.807) is 19.9 Å². The van der Waals surface area contributed by atoms with Crippen LogP contribution in [0.1, 0.15) is 19.4 Å². The van der Waals surface area contributed by atoms with Crippen molar-refractivity contribution in [1.82, 2.24) is 0 Å². The first kappa shape index (κ1) is 15.4. The van der Waals surface area contributed by atoms with E-state index in [-0.39, 0.29) is 0 Å². The van der Waals surface area contributed by atoms with E-state index in [0.29, 0.717) is 6.61 Å². The van der Waals surface area contributed by atoms with Crippen LogP contribution in [0.25, 0.3) is 0 Å². The van der Waals surface area contributed by atoms with Crippen molar-refractivity contribution in [2.45, 2.75) is 56.9 Å². The van der Waals surface area contributed by atoms with Gasteiger partial charge in [-0.15, -0.1) is 0 Å². The first-order valence-electron chi connectivity index (χ1n) is 7.24. The molecule has 6 heteroatoms. The zero-order valence-corrected chi connectivity index (χ0v) is 12.5. The highest BCUT2D eigenvalue weighted by atomic mass is 16.8. The average Bonchev–Trinajstić information content (AvgIpc) is 2.97. The number of aliphatic hydroxyl groups excluding tert-OH is 1. The van der Waals surface area contributed by atoms with Crippen molar-refractivity contribution in [1.29, 1.82) is 5.26 Å². The second-order valence-corrected chi connectivity index (χ2v) is 5.90. The van der Waals surface area contributed by atoms with Crippen LogP contribution in [0.2, 0.25) is 0 Å². The highest BCUT2D eigenvalue weighted by molar-refractivity contribution is 5.14. The highest BCUT2D eigenvalue weighted by Crippen LogP contribution is 2.39. The predicted molar refractivity (Wildman–Crippen MR) is 75.3 cm³/mol. The molecule has 118 valence electrons. The van der Waals surface area contributed by atoms with Gasteiger partial charge in [0.15, 0.2) is 18.2 Å². The zero-order valence-electron chi connectivity index (χ0n) is 12.5. The Labute approximate surface area is 129 Å². The summed E-state index contributed by atoms with van der Waals surface area (Å²) in [6.07, 6.45) is -3.75. The third-order valence-corrected chi connectivity index (χ3v) is 3.76. The van der Waals surface area contributed by atoms with Gasteiger partial charge in [0.25, 0.3) is 0 Å². The van der Waals surface area contributed by atoms with Gasteiger partial charge < -0.3 is 24.1 Å². The fraction of sp³-hybridized carbons (Fsp3) is 0.562. The summed E-state index contributed by atoms with van der Waals surface area (Å²) >= 11 is 0. The normalized spacial score (nSPS) is 34.1. The van der Waals surface area contributed by atoms with Crippen molar-refractivity contribution in [2.24, 2.45) is 0 Å². The molecule has 0 bridgehead atoms. The van der Waals surface area contributed by atoms with E-state index < -0.39 is 36.5 Å². The molecular formula is C16H19NO5. The van der Waals surface area contributed by atoms with Crippen LogP contribution < -0.4 is 0 Å². The summed E-state index contributed by atoms with van der Waals surface area (Å²) in [5.74, 6) is -0.772. The van der Waals surface area contributed by atoms with Crippen molar-refractivity contribution in [3.05, 3.63) is 35.9 Å². The van der Waals surface area contributed by atoms with Crippen LogP contribution in [-0.4, -0.2) is 41.6 Å². The lowest BCUT2D eigenvalue weighted by Crippen LogP contribution is -2.42. The zero-order chi connectivity index (χ0) is 15.7. The first-order valence-corrected chi connectivity index (χ1v) is 7.24. The van der Waals surface area contributed by atoms with Crippen LogP contribution in [0.3, 0.4) is 0 Å². The van der Waals surface area contributed by atoms with Gasteiger partial charge in [-0.25, -0.2) is 0 Å². The molecule has 2 aliphatic heterocycles. The van der Waals surface area contributed by atoms with Gasteiger partial charge >= 0.3 is 0 Å². The van der Waals surface area contributed by atoms with Gasteiger partial charge in [-0.1, -0.05) is 30.3 Å². The molecule has 2 heterocycles. The number of fused-ring (bicyclic) bond motifs is 1. The number of aliphatic hydroxyl groups is 1. The summed E-state index contributed by atoms with van der Waals surface area (Å²) in [6.45, 7) is 3.92. The van der Waals surface area contributed by atoms with Crippen molar-refractivity contribution in [3.63, 3.8) is 0 Å². The lowest BCUT2D eigenvalue weighted by molar-refractivity contribution is -0.227. The maximum Gasteiger partial charge on any atom is 0.190 e. The molecule has 1 aromatic rings. The van der Waals surface area contributed by atoms with E-state index in [0.717, 1.165) is 5.56 Å². The van der Waals surface area contributed by atoms with Gasteiger partial charge in [0, 0.05) is 0 Å². The molecule has 2 aliphatic rings. The fourth-order valence-electron chi connectivity index (χ4n) is 2.79. The van der Waals surface area contributed by atoms with E-state index in [1.807, 2.05) is 30.3 Å². The fourth-order valence-corrected chi connectivity index (χ4v) is 2.79. The monoisotopic (exact) mass is 305 g/mol. The lowest BCUT2D eigenvalue weighted by atomic mass is 10.1. The molecule has 0 aliphatic carbocycles. The minimum atomic E-state index is -1.29. The average molecular weight is 305 g/mol. The van der Waals surface area contributed by atoms with Crippen LogP contribution in [0.15, 0.2) is 30.3 Å². The lowest BCUT2D eigenvalue weighted by Gasteiger charge is -2.26. The van der Waals surface area contributed by atoms with E-state index in [1.165, 1.54) is 0 Å². The Kier molecular flexibility index (Phi) is 4.17. The molecular weight excluding hydrogens is 286 g/mol. The SMILES string of the molecule is CC1(C)O[C@@H]2O[C@@H]([C@H](O)C#N)C(OCc3ccccc3)[C@@H]2O1. The van der Waals surface area contributed by atoms with Gasteiger partial charge in [0.05, 0.1) is 12.7 Å². The summed E-state index contributed by atoms with van der Waals surface area (Å²) in [7, 11) is 0. The smallest absolute Gasteiger partial charge is 0.190 e. The van der Waals surface area contributed by atoms with E-state index in [2.05, 4.69) is 0 Å². The largest absolute Gasteiger partial charge is 0.375 e. The number of hydrogen-bond acceptors (Lipinski definition) is 6. The molecule has 0 saturated carbocycles. The van der Waals surface area contributed by atoms with Gasteiger partial charge in [0.2, 0.25) is 0 Å². The first-order chi connectivity index (χ1) is 10.5. The van der Waals surface area contributed by atoms with Crippen molar-refractivity contribution >= 4 is 0 Å². The van der Waals surface area contributed by atoms with Crippen LogP contribution in [0.4, 0.5) is 0 Å². The quantitative estimate of drug-likeness (QED) is 0.845. The number of nitriles is 1. The number of hydrogen-bond donors (Lipinski definition) is 1. The minimum Gasteiger partial charge on any atom is -0.375 e. The summed E-state index contributed by atoms with van der Waals surface area (Å²) in [4.78, 5) is 0. The predicted octanol–water partition coefficient (Wildman–Crippen LogP) is 1.33. The third kappa shape index (κ3) is 3.00. The standard InChI is InChI=1S/C16H19NO5/c1-16(2)21-14-13(19-9-10-6-4-3-5-7-10)12(11(18)8-17)20-15(14)22-16/h3-7,11-15,18H,9H2,1-2H3/t11-,12+,13?,14+,15+/m1/s1. The van der Waals surface area contributed by atoms with Gasteiger partial charge in [-0.05, 0) is 19.4 Å². The Morgan fingerprint density at radius 1 is 1.32 bits per heavy atom. The number of nitrogens with zero attached hydrogens (tertiary/aromatic N) is 1. The van der Waals surface area contributed by atoms with Crippen LogP contribution >= 0.6 is 0 Å². The van der Waals surface area contributed by atoms with Crippen LogP contribution in [0.5, 0.6) is 0 Å². The molecule has 6 nitrogen and oxygen atoms in total. The third-order valence-electron chi connectivity index (χ3n) is 3.76. The van der Waals surface area contributed by atoms with Gasteiger partial charge in [-0.2, -0.15) is 5.26 Å².